The molecule has 2 rings (SSSR count). The van der Waals surface area contributed by atoms with Crippen molar-refractivity contribution in [1.82, 2.24) is 5.32 Å². The first-order chi connectivity index (χ1) is 13.2. The molecule has 146 valence electrons. The van der Waals surface area contributed by atoms with Crippen LogP contribution in [0.5, 0.6) is 5.75 Å². The Hall–Kier alpha value is -2.37. The van der Waals surface area contributed by atoms with E-state index in [9.17, 15) is 4.79 Å². The number of nitrogens with one attached hydrogen (secondary N) is 1. The second-order valence-corrected chi connectivity index (χ2v) is 6.76. The van der Waals surface area contributed by atoms with Crippen molar-refractivity contribution in [2.24, 2.45) is 11.5 Å². The van der Waals surface area contributed by atoms with Crippen LogP contribution < -0.4 is 21.5 Å². The molecule has 0 fully saturated rings. The number of unbranched alkanes of at least 4 members (excludes halogenated alkanes) is 1. The fraction of sp³-hybridized carbons (Fsp3) is 0.409. The molecule has 0 aromatic heterocycles. The minimum Gasteiger partial charge on any atom is -0.489 e. The van der Waals surface area contributed by atoms with E-state index in [0.717, 1.165) is 42.6 Å². The van der Waals surface area contributed by atoms with Gasteiger partial charge in [0.15, 0.2) is 0 Å². The van der Waals surface area contributed by atoms with E-state index in [-0.39, 0.29) is 11.9 Å². The Morgan fingerprint density at radius 2 is 1.74 bits per heavy atom. The Morgan fingerprint density at radius 3 is 2.44 bits per heavy atom. The van der Waals surface area contributed by atoms with Gasteiger partial charge in [0.05, 0.1) is 0 Å². The largest absolute Gasteiger partial charge is 0.489 e. The second-order valence-electron chi connectivity index (χ2n) is 6.76. The highest BCUT2D eigenvalue weighted by Gasteiger charge is 2.04. The molecule has 5 heteroatoms. The highest BCUT2D eigenvalue weighted by Crippen LogP contribution is 2.15. The molecule has 0 saturated carbocycles. The summed E-state index contributed by atoms with van der Waals surface area (Å²) in [6.45, 7) is 1.77. The summed E-state index contributed by atoms with van der Waals surface area (Å²) in [6.07, 6.45) is 4.05. The van der Waals surface area contributed by atoms with E-state index < -0.39 is 0 Å². The monoisotopic (exact) mass is 369 g/mol. The number of benzene rings is 2. The van der Waals surface area contributed by atoms with Gasteiger partial charge in [-0.2, -0.15) is 0 Å². The van der Waals surface area contributed by atoms with Crippen molar-refractivity contribution in [2.45, 2.75) is 44.8 Å². The summed E-state index contributed by atoms with van der Waals surface area (Å²) in [4.78, 5) is 11.9. The summed E-state index contributed by atoms with van der Waals surface area (Å²) < 4.78 is 5.78. The van der Waals surface area contributed by atoms with Crippen LogP contribution >= 0.6 is 0 Å². The molecule has 1 amide bonds. The Kier molecular flexibility index (Phi) is 9.38. The molecule has 0 bridgehead atoms. The predicted molar refractivity (Wildman–Crippen MR) is 109 cm³/mol. The highest BCUT2D eigenvalue weighted by molar-refractivity contribution is 5.76. The second kappa shape index (κ2) is 12.1. The molecule has 0 heterocycles. The van der Waals surface area contributed by atoms with Crippen molar-refractivity contribution < 1.29 is 9.53 Å². The molecule has 0 spiro atoms. The zero-order valence-electron chi connectivity index (χ0n) is 15.9. The van der Waals surface area contributed by atoms with Gasteiger partial charge in [0, 0.05) is 25.6 Å². The number of nitrogens with two attached hydrogens (primary N) is 2. The standard InChI is InChI=1S/C22H31N3O2/c23-16-20(24)8-4-5-15-25-22(26)14-11-18-9-12-21(13-10-18)27-17-19-6-2-1-3-7-19/h1-3,6-7,9-10,12-13,20H,4-5,8,11,14-17,23-24H2,(H,25,26)/t20-/m0/s1. The van der Waals surface area contributed by atoms with Gasteiger partial charge in [0.25, 0.3) is 0 Å². The molecule has 0 aliphatic rings. The van der Waals surface area contributed by atoms with Crippen LogP contribution in [0.3, 0.4) is 0 Å². The third kappa shape index (κ3) is 8.71. The van der Waals surface area contributed by atoms with Crippen molar-refractivity contribution in [1.29, 1.82) is 0 Å². The predicted octanol–water partition coefficient (Wildman–Crippen LogP) is 2.77. The van der Waals surface area contributed by atoms with E-state index in [0.29, 0.717) is 26.1 Å². The Labute approximate surface area is 162 Å². The third-order valence-corrected chi connectivity index (χ3v) is 4.44. The normalized spacial score (nSPS) is 11.8. The Balaban J connectivity index is 1.61. The summed E-state index contributed by atoms with van der Waals surface area (Å²) in [5, 5.41) is 2.96. The maximum atomic E-state index is 11.9. The summed E-state index contributed by atoms with van der Waals surface area (Å²) >= 11 is 0. The molecular weight excluding hydrogens is 338 g/mol. The molecule has 2 aromatic carbocycles. The lowest BCUT2D eigenvalue weighted by atomic mass is 10.1. The highest BCUT2D eigenvalue weighted by atomic mass is 16.5. The Bertz CT molecular complexity index is 659. The number of hydrogen-bond acceptors (Lipinski definition) is 4. The van der Waals surface area contributed by atoms with Crippen molar-refractivity contribution in [3.63, 3.8) is 0 Å². The van der Waals surface area contributed by atoms with Gasteiger partial charge in [-0.3, -0.25) is 4.79 Å². The number of rotatable bonds is 12. The molecule has 5 N–H and O–H groups in total. The fourth-order valence-corrected chi connectivity index (χ4v) is 2.72. The lowest BCUT2D eigenvalue weighted by Gasteiger charge is -2.09. The first-order valence-corrected chi connectivity index (χ1v) is 9.65. The molecule has 0 unspecified atom stereocenters. The lowest BCUT2D eigenvalue weighted by Crippen LogP contribution is -2.30. The summed E-state index contributed by atoms with van der Waals surface area (Å²) in [6, 6.07) is 18.1. The zero-order valence-corrected chi connectivity index (χ0v) is 15.9. The van der Waals surface area contributed by atoms with Crippen molar-refractivity contribution >= 4 is 5.91 Å². The molecule has 0 saturated heterocycles. The van der Waals surface area contributed by atoms with Crippen molar-refractivity contribution in [3.05, 3.63) is 65.7 Å². The van der Waals surface area contributed by atoms with E-state index in [2.05, 4.69) is 5.32 Å². The van der Waals surface area contributed by atoms with Gasteiger partial charge >= 0.3 is 0 Å². The molecule has 5 nitrogen and oxygen atoms in total. The first-order valence-electron chi connectivity index (χ1n) is 9.65. The maximum Gasteiger partial charge on any atom is 0.220 e. The van der Waals surface area contributed by atoms with Gasteiger partial charge < -0.3 is 21.5 Å². The molecule has 27 heavy (non-hydrogen) atoms. The minimum atomic E-state index is 0.0698. The third-order valence-electron chi connectivity index (χ3n) is 4.44. The van der Waals surface area contributed by atoms with E-state index in [1.807, 2.05) is 54.6 Å². The van der Waals surface area contributed by atoms with E-state index in [1.54, 1.807) is 0 Å². The van der Waals surface area contributed by atoms with Gasteiger partial charge in [-0.25, -0.2) is 0 Å². The van der Waals surface area contributed by atoms with Gasteiger partial charge in [-0.15, -0.1) is 0 Å². The molecule has 0 aliphatic carbocycles. The smallest absolute Gasteiger partial charge is 0.220 e. The van der Waals surface area contributed by atoms with E-state index >= 15 is 0 Å². The van der Waals surface area contributed by atoms with Crippen molar-refractivity contribution in [3.8, 4) is 5.75 Å². The average molecular weight is 370 g/mol. The SMILES string of the molecule is NC[C@@H](N)CCCCNC(=O)CCc1ccc(OCc2ccccc2)cc1. The van der Waals surface area contributed by atoms with Gasteiger partial charge in [-0.1, -0.05) is 48.9 Å². The number of carbonyl (C=O) groups is 1. The Morgan fingerprint density at radius 1 is 1.00 bits per heavy atom. The number of ether oxygens (including phenoxy) is 1. The zero-order chi connectivity index (χ0) is 19.3. The van der Waals surface area contributed by atoms with Crippen LogP contribution in [-0.2, 0) is 17.8 Å². The molecule has 0 radical (unpaired) electrons. The molecule has 0 aliphatic heterocycles. The van der Waals surface area contributed by atoms with Crippen molar-refractivity contribution in [2.75, 3.05) is 13.1 Å². The molecule has 2 aromatic rings. The van der Waals surface area contributed by atoms with Gasteiger partial charge in [0.1, 0.15) is 12.4 Å². The number of aryl methyl sites for hydroxylation is 1. The van der Waals surface area contributed by atoms with Crippen LogP contribution in [0.2, 0.25) is 0 Å². The topological polar surface area (TPSA) is 90.4 Å². The minimum absolute atomic E-state index is 0.0698. The maximum absolute atomic E-state index is 11.9. The quantitative estimate of drug-likeness (QED) is 0.502. The van der Waals surface area contributed by atoms with Crippen LogP contribution in [0.1, 0.15) is 36.8 Å². The van der Waals surface area contributed by atoms with Crippen LogP contribution in [-0.4, -0.2) is 25.0 Å². The summed E-state index contributed by atoms with van der Waals surface area (Å²) in [7, 11) is 0. The number of hydrogen-bond donors (Lipinski definition) is 3. The number of carbonyl (C=O) groups excluding carboxylic acids is 1. The summed E-state index contributed by atoms with van der Waals surface area (Å²) in [5.74, 6) is 0.922. The van der Waals surface area contributed by atoms with Crippen LogP contribution in [0, 0.1) is 0 Å². The van der Waals surface area contributed by atoms with Crippen LogP contribution in [0.15, 0.2) is 54.6 Å². The van der Waals surface area contributed by atoms with Gasteiger partial charge in [-0.05, 0) is 42.5 Å². The average Bonchev–Trinajstić information content (AvgIpc) is 2.71. The molecular formula is C22H31N3O2. The fourth-order valence-electron chi connectivity index (χ4n) is 2.72. The summed E-state index contributed by atoms with van der Waals surface area (Å²) in [5.41, 5.74) is 13.5. The first kappa shape index (κ1) is 20.9. The van der Waals surface area contributed by atoms with E-state index in [4.69, 9.17) is 16.2 Å². The molecule has 1 atom stereocenters. The van der Waals surface area contributed by atoms with Crippen LogP contribution in [0.25, 0.3) is 0 Å². The van der Waals surface area contributed by atoms with Gasteiger partial charge in [0.2, 0.25) is 5.91 Å². The van der Waals surface area contributed by atoms with Crippen LogP contribution in [0.4, 0.5) is 0 Å². The van der Waals surface area contributed by atoms with E-state index in [1.165, 1.54) is 0 Å². The lowest BCUT2D eigenvalue weighted by molar-refractivity contribution is -0.121. The number of amides is 1.